The summed E-state index contributed by atoms with van der Waals surface area (Å²) in [6.07, 6.45) is 3.46. The van der Waals surface area contributed by atoms with Crippen molar-refractivity contribution in [2.24, 2.45) is 0 Å². The van der Waals surface area contributed by atoms with E-state index >= 15 is 0 Å². The first kappa shape index (κ1) is 19.5. The summed E-state index contributed by atoms with van der Waals surface area (Å²) in [7, 11) is 0. The minimum atomic E-state index is -0.116. The molecule has 2 aromatic carbocycles. The molecule has 0 aromatic heterocycles. The number of hydrogen-bond donors (Lipinski definition) is 1. The number of carbonyl (C=O) groups excluding carboxylic acids is 2. The number of nitrogens with zero attached hydrogens (tertiary/aromatic N) is 1. The Balaban J connectivity index is 1.46. The molecule has 1 heterocycles. The second-order valence-corrected chi connectivity index (χ2v) is 7.93. The largest absolute Gasteiger partial charge is 0.339 e. The van der Waals surface area contributed by atoms with Crippen LogP contribution in [0.1, 0.15) is 42.1 Å². The SMILES string of the molecule is C[C@H]1CCCCN1C(=O)CSCc1ccc(C(=O)Nc2ccccc2)cc1. The fourth-order valence-corrected chi connectivity index (χ4v) is 4.16. The molecule has 0 spiro atoms. The molecule has 1 aliphatic rings. The average Bonchev–Trinajstić information content (AvgIpc) is 2.69. The van der Waals surface area contributed by atoms with Crippen LogP contribution in [0.5, 0.6) is 0 Å². The van der Waals surface area contributed by atoms with Gasteiger partial charge in [0.05, 0.1) is 5.75 Å². The van der Waals surface area contributed by atoms with E-state index in [9.17, 15) is 9.59 Å². The standard InChI is InChI=1S/C22H26N2O2S/c1-17-7-5-6-14-24(17)21(25)16-27-15-18-10-12-19(13-11-18)22(26)23-20-8-3-2-4-9-20/h2-4,8-13,17H,5-7,14-16H2,1H3,(H,23,26)/t17-/m0/s1. The fourth-order valence-electron chi connectivity index (χ4n) is 3.28. The predicted molar refractivity (Wildman–Crippen MR) is 112 cm³/mol. The van der Waals surface area contributed by atoms with Crippen LogP contribution in [0.25, 0.3) is 0 Å². The second-order valence-electron chi connectivity index (χ2n) is 6.94. The van der Waals surface area contributed by atoms with Crippen LogP contribution in [0.2, 0.25) is 0 Å². The highest BCUT2D eigenvalue weighted by atomic mass is 32.2. The molecule has 5 heteroatoms. The first-order valence-corrected chi connectivity index (χ1v) is 10.6. The zero-order valence-corrected chi connectivity index (χ0v) is 16.5. The lowest BCUT2D eigenvalue weighted by molar-refractivity contribution is -0.131. The summed E-state index contributed by atoms with van der Waals surface area (Å²) >= 11 is 1.64. The van der Waals surface area contributed by atoms with E-state index in [1.165, 1.54) is 6.42 Å². The minimum absolute atomic E-state index is 0.116. The van der Waals surface area contributed by atoms with Crippen LogP contribution >= 0.6 is 11.8 Å². The number of nitrogens with one attached hydrogen (secondary N) is 1. The second kappa shape index (κ2) is 9.60. The van der Waals surface area contributed by atoms with Crippen LogP contribution in [0.15, 0.2) is 54.6 Å². The molecule has 1 atom stereocenters. The normalized spacial score (nSPS) is 16.8. The molecule has 1 aliphatic heterocycles. The number of likely N-dealkylation sites (tertiary alicyclic amines) is 1. The summed E-state index contributed by atoms with van der Waals surface area (Å²) in [6.45, 7) is 3.03. The molecule has 1 fully saturated rings. The molecule has 142 valence electrons. The lowest BCUT2D eigenvalue weighted by Crippen LogP contribution is -2.42. The van der Waals surface area contributed by atoms with Crippen molar-refractivity contribution < 1.29 is 9.59 Å². The van der Waals surface area contributed by atoms with Gasteiger partial charge in [0.2, 0.25) is 5.91 Å². The van der Waals surface area contributed by atoms with Crippen molar-refractivity contribution in [3.8, 4) is 0 Å². The molecule has 27 heavy (non-hydrogen) atoms. The van der Waals surface area contributed by atoms with Crippen LogP contribution in [-0.2, 0) is 10.5 Å². The molecule has 1 saturated heterocycles. The molecule has 0 unspecified atom stereocenters. The Morgan fingerprint density at radius 2 is 1.81 bits per heavy atom. The summed E-state index contributed by atoms with van der Waals surface area (Å²) in [5.74, 6) is 1.41. The molecule has 0 saturated carbocycles. The third kappa shape index (κ3) is 5.60. The quantitative estimate of drug-likeness (QED) is 0.796. The molecule has 1 N–H and O–H groups in total. The van der Waals surface area contributed by atoms with Gasteiger partial charge in [-0.3, -0.25) is 9.59 Å². The molecule has 2 aromatic rings. The highest BCUT2D eigenvalue weighted by molar-refractivity contribution is 7.99. The summed E-state index contributed by atoms with van der Waals surface area (Å²) < 4.78 is 0. The van der Waals surface area contributed by atoms with Gasteiger partial charge in [-0.2, -0.15) is 0 Å². The van der Waals surface area contributed by atoms with E-state index < -0.39 is 0 Å². The zero-order valence-electron chi connectivity index (χ0n) is 15.7. The van der Waals surface area contributed by atoms with Gasteiger partial charge >= 0.3 is 0 Å². The van der Waals surface area contributed by atoms with Gasteiger partial charge in [-0.05, 0) is 56.0 Å². The number of piperidine rings is 1. The first-order chi connectivity index (χ1) is 13.1. The molecule has 4 nitrogen and oxygen atoms in total. The van der Waals surface area contributed by atoms with Gasteiger partial charge in [-0.25, -0.2) is 0 Å². The predicted octanol–water partition coefficient (Wildman–Crippen LogP) is 4.57. The van der Waals surface area contributed by atoms with Crippen molar-refractivity contribution in [1.29, 1.82) is 0 Å². The summed E-state index contributed by atoms with van der Waals surface area (Å²) in [5.41, 5.74) is 2.54. The minimum Gasteiger partial charge on any atom is -0.339 e. The number of benzene rings is 2. The summed E-state index contributed by atoms with van der Waals surface area (Å²) in [5, 5.41) is 2.88. The lowest BCUT2D eigenvalue weighted by atomic mass is 10.0. The van der Waals surface area contributed by atoms with Gasteiger partial charge in [0, 0.05) is 29.6 Å². The Labute approximate surface area is 165 Å². The fraction of sp³-hybridized carbons (Fsp3) is 0.364. The van der Waals surface area contributed by atoms with Crippen molar-refractivity contribution >= 4 is 29.3 Å². The Morgan fingerprint density at radius 1 is 1.07 bits per heavy atom. The van der Waals surface area contributed by atoms with Crippen molar-refractivity contribution in [2.45, 2.75) is 38.0 Å². The highest BCUT2D eigenvalue weighted by Crippen LogP contribution is 2.19. The Bertz CT molecular complexity index is 762. The van der Waals surface area contributed by atoms with Crippen LogP contribution < -0.4 is 5.32 Å². The number of thioether (sulfide) groups is 1. The molecular weight excluding hydrogens is 356 g/mol. The number of anilines is 1. The van der Waals surface area contributed by atoms with Crippen molar-refractivity contribution in [3.63, 3.8) is 0 Å². The van der Waals surface area contributed by atoms with E-state index in [1.807, 2.05) is 59.5 Å². The Hall–Kier alpha value is -2.27. The average molecular weight is 383 g/mol. The van der Waals surface area contributed by atoms with Gasteiger partial charge < -0.3 is 10.2 Å². The maximum absolute atomic E-state index is 12.4. The van der Waals surface area contributed by atoms with E-state index in [0.29, 0.717) is 17.4 Å². The van der Waals surface area contributed by atoms with E-state index in [0.717, 1.165) is 36.4 Å². The van der Waals surface area contributed by atoms with Crippen LogP contribution in [-0.4, -0.2) is 35.1 Å². The number of hydrogen-bond acceptors (Lipinski definition) is 3. The molecule has 0 bridgehead atoms. The van der Waals surface area contributed by atoms with Crippen LogP contribution in [0.3, 0.4) is 0 Å². The van der Waals surface area contributed by atoms with Gasteiger partial charge in [-0.15, -0.1) is 11.8 Å². The third-order valence-electron chi connectivity index (χ3n) is 4.87. The topological polar surface area (TPSA) is 49.4 Å². The maximum atomic E-state index is 12.4. The number of para-hydroxylation sites is 1. The number of carbonyl (C=O) groups is 2. The van der Waals surface area contributed by atoms with Crippen molar-refractivity contribution in [2.75, 3.05) is 17.6 Å². The molecule has 0 radical (unpaired) electrons. The lowest BCUT2D eigenvalue weighted by Gasteiger charge is -2.33. The molecular formula is C22H26N2O2S. The van der Waals surface area contributed by atoms with Crippen LogP contribution in [0.4, 0.5) is 5.69 Å². The van der Waals surface area contributed by atoms with Gasteiger partial charge in [-0.1, -0.05) is 30.3 Å². The summed E-state index contributed by atoms with van der Waals surface area (Å²) in [6, 6.07) is 17.4. The highest BCUT2D eigenvalue weighted by Gasteiger charge is 2.22. The van der Waals surface area contributed by atoms with E-state index in [-0.39, 0.29) is 11.8 Å². The van der Waals surface area contributed by atoms with E-state index in [2.05, 4.69) is 12.2 Å². The molecule has 0 aliphatic carbocycles. The van der Waals surface area contributed by atoms with E-state index in [4.69, 9.17) is 0 Å². The van der Waals surface area contributed by atoms with Gasteiger partial charge in [0.15, 0.2) is 0 Å². The smallest absolute Gasteiger partial charge is 0.255 e. The summed E-state index contributed by atoms with van der Waals surface area (Å²) in [4.78, 5) is 26.7. The Kier molecular flexibility index (Phi) is 6.93. The van der Waals surface area contributed by atoms with Gasteiger partial charge in [0.1, 0.15) is 0 Å². The number of amides is 2. The van der Waals surface area contributed by atoms with Gasteiger partial charge in [0.25, 0.3) is 5.91 Å². The monoisotopic (exact) mass is 382 g/mol. The zero-order chi connectivity index (χ0) is 19.1. The Morgan fingerprint density at radius 3 is 2.52 bits per heavy atom. The van der Waals surface area contributed by atoms with Crippen LogP contribution in [0, 0.1) is 0 Å². The first-order valence-electron chi connectivity index (χ1n) is 9.46. The third-order valence-corrected chi connectivity index (χ3v) is 5.85. The number of rotatable bonds is 6. The van der Waals surface area contributed by atoms with E-state index in [1.54, 1.807) is 11.8 Å². The molecule has 2 amide bonds. The van der Waals surface area contributed by atoms with Crippen molar-refractivity contribution in [1.82, 2.24) is 4.90 Å². The van der Waals surface area contributed by atoms with Crippen molar-refractivity contribution in [3.05, 3.63) is 65.7 Å². The maximum Gasteiger partial charge on any atom is 0.255 e. The molecule has 3 rings (SSSR count).